The van der Waals surface area contributed by atoms with Crippen molar-refractivity contribution in [3.05, 3.63) is 0 Å². The predicted octanol–water partition coefficient (Wildman–Crippen LogP) is 2.02. The lowest BCUT2D eigenvalue weighted by molar-refractivity contribution is -0.0307. The molecule has 1 aliphatic carbocycles. The Morgan fingerprint density at radius 1 is 1.24 bits per heavy atom. The van der Waals surface area contributed by atoms with E-state index in [1.54, 1.807) is 0 Å². The van der Waals surface area contributed by atoms with Gasteiger partial charge in [0.2, 0.25) is 0 Å². The molecule has 2 aliphatic rings. The number of nitrogens with zero attached hydrogens (tertiary/aromatic N) is 1. The first-order valence-corrected chi connectivity index (χ1v) is 7.25. The quantitative estimate of drug-likeness (QED) is 0.817. The zero-order valence-corrected chi connectivity index (χ0v) is 11.6. The molecule has 0 spiro atoms. The molecule has 1 saturated carbocycles. The fourth-order valence-electron chi connectivity index (χ4n) is 3.08. The number of methoxy groups -OCH3 is 1. The van der Waals surface area contributed by atoms with E-state index in [2.05, 4.69) is 24.1 Å². The zero-order valence-electron chi connectivity index (χ0n) is 11.6. The maximum absolute atomic E-state index is 5.39. The highest BCUT2D eigenvalue weighted by Crippen LogP contribution is 2.29. The van der Waals surface area contributed by atoms with Crippen LogP contribution < -0.4 is 5.32 Å². The van der Waals surface area contributed by atoms with Crippen LogP contribution in [-0.4, -0.2) is 49.3 Å². The van der Waals surface area contributed by atoms with Crippen molar-refractivity contribution >= 4 is 0 Å². The van der Waals surface area contributed by atoms with Crippen LogP contribution in [0, 0.1) is 0 Å². The first kappa shape index (κ1) is 13.3. The smallest absolute Gasteiger partial charge is 0.0601 e. The summed E-state index contributed by atoms with van der Waals surface area (Å²) in [7, 11) is 1.84. The Labute approximate surface area is 106 Å². The van der Waals surface area contributed by atoms with E-state index in [0.717, 1.165) is 6.04 Å². The molecule has 0 aromatic carbocycles. The van der Waals surface area contributed by atoms with Crippen molar-refractivity contribution in [1.82, 2.24) is 10.2 Å². The van der Waals surface area contributed by atoms with Crippen molar-refractivity contribution in [2.75, 3.05) is 20.2 Å². The third-order valence-electron chi connectivity index (χ3n) is 4.55. The lowest BCUT2D eigenvalue weighted by atomic mass is 9.87. The Kier molecular flexibility index (Phi) is 4.83. The predicted molar refractivity (Wildman–Crippen MR) is 71.3 cm³/mol. The second kappa shape index (κ2) is 6.17. The summed E-state index contributed by atoms with van der Waals surface area (Å²) in [5, 5.41) is 3.73. The van der Waals surface area contributed by atoms with Crippen molar-refractivity contribution in [1.29, 1.82) is 0 Å². The van der Waals surface area contributed by atoms with Crippen LogP contribution in [0.25, 0.3) is 0 Å². The molecule has 1 aliphatic heterocycles. The largest absolute Gasteiger partial charge is 0.381 e. The van der Waals surface area contributed by atoms with Gasteiger partial charge in [-0.05, 0) is 52.1 Å². The van der Waals surface area contributed by atoms with E-state index in [1.165, 1.54) is 45.2 Å². The van der Waals surface area contributed by atoms with Crippen LogP contribution in [0.2, 0.25) is 0 Å². The zero-order chi connectivity index (χ0) is 12.3. The molecule has 0 amide bonds. The molecule has 1 heterocycles. The molecule has 0 bridgehead atoms. The van der Waals surface area contributed by atoms with Crippen LogP contribution in [0.15, 0.2) is 0 Å². The van der Waals surface area contributed by atoms with Crippen LogP contribution in [0.4, 0.5) is 0 Å². The van der Waals surface area contributed by atoms with Gasteiger partial charge in [0.25, 0.3) is 0 Å². The molecule has 0 aromatic heterocycles. The molecular weight excluding hydrogens is 212 g/mol. The number of hydrogen-bond donors (Lipinski definition) is 1. The maximum atomic E-state index is 5.39. The minimum atomic E-state index is 0.531. The summed E-state index contributed by atoms with van der Waals surface area (Å²) >= 11 is 0. The Bertz CT molecular complexity index is 228. The second-order valence-electron chi connectivity index (χ2n) is 5.77. The first-order valence-electron chi connectivity index (χ1n) is 7.25. The average Bonchev–Trinajstić information content (AvgIpc) is 2.25. The molecule has 100 valence electrons. The van der Waals surface area contributed by atoms with E-state index in [4.69, 9.17) is 4.74 Å². The number of rotatable bonds is 3. The molecular formula is C14H28N2O. The standard InChI is InChI=1S/C14H28N2O/c1-4-12-6-8-16(7-5-11(2)15-12)13-9-14(10-13)17-3/h11-15H,4-10H2,1-3H3. The summed E-state index contributed by atoms with van der Waals surface area (Å²) in [4.78, 5) is 2.70. The number of ether oxygens (including phenoxy) is 1. The first-order chi connectivity index (χ1) is 8.22. The lowest BCUT2D eigenvalue weighted by Crippen LogP contribution is -2.52. The van der Waals surface area contributed by atoms with Gasteiger partial charge in [-0.1, -0.05) is 6.92 Å². The van der Waals surface area contributed by atoms with Gasteiger partial charge in [-0.3, -0.25) is 0 Å². The molecule has 2 atom stereocenters. The molecule has 1 saturated heterocycles. The molecule has 0 aromatic rings. The van der Waals surface area contributed by atoms with E-state index in [1.807, 2.05) is 7.11 Å². The highest BCUT2D eigenvalue weighted by molar-refractivity contribution is 4.90. The van der Waals surface area contributed by atoms with Crippen LogP contribution in [0.3, 0.4) is 0 Å². The van der Waals surface area contributed by atoms with Crippen molar-refractivity contribution < 1.29 is 4.74 Å². The highest BCUT2D eigenvalue weighted by Gasteiger charge is 2.34. The monoisotopic (exact) mass is 240 g/mol. The van der Waals surface area contributed by atoms with E-state index in [9.17, 15) is 0 Å². The van der Waals surface area contributed by atoms with Gasteiger partial charge in [-0.15, -0.1) is 0 Å². The fourth-order valence-corrected chi connectivity index (χ4v) is 3.08. The topological polar surface area (TPSA) is 24.5 Å². The lowest BCUT2D eigenvalue weighted by Gasteiger charge is -2.44. The van der Waals surface area contributed by atoms with Gasteiger partial charge >= 0.3 is 0 Å². The molecule has 3 heteroatoms. The molecule has 0 radical (unpaired) electrons. The molecule has 17 heavy (non-hydrogen) atoms. The SMILES string of the molecule is CCC1CCN(C2CC(OC)C2)CCC(C)N1. The van der Waals surface area contributed by atoms with Gasteiger partial charge in [0.1, 0.15) is 0 Å². The fraction of sp³-hybridized carbons (Fsp3) is 1.00. The van der Waals surface area contributed by atoms with Crippen molar-refractivity contribution in [3.8, 4) is 0 Å². The van der Waals surface area contributed by atoms with Crippen molar-refractivity contribution in [2.24, 2.45) is 0 Å². The van der Waals surface area contributed by atoms with Gasteiger partial charge < -0.3 is 15.0 Å². The van der Waals surface area contributed by atoms with Gasteiger partial charge in [-0.2, -0.15) is 0 Å². The molecule has 3 nitrogen and oxygen atoms in total. The summed E-state index contributed by atoms with van der Waals surface area (Å²) in [5.74, 6) is 0. The third-order valence-corrected chi connectivity index (χ3v) is 4.55. The summed E-state index contributed by atoms with van der Waals surface area (Å²) in [6, 6.07) is 2.18. The van der Waals surface area contributed by atoms with Crippen LogP contribution >= 0.6 is 0 Å². The Morgan fingerprint density at radius 2 is 1.94 bits per heavy atom. The van der Waals surface area contributed by atoms with Crippen LogP contribution in [0.1, 0.15) is 46.0 Å². The van der Waals surface area contributed by atoms with Gasteiger partial charge in [0, 0.05) is 25.2 Å². The van der Waals surface area contributed by atoms with E-state index < -0.39 is 0 Å². The molecule has 1 N–H and O–H groups in total. The van der Waals surface area contributed by atoms with Crippen molar-refractivity contribution in [2.45, 2.75) is 70.2 Å². The van der Waals surface area contributed by atoms with E-state index in [0.29, 0.717) is 18.2 Å². The Hall–Kier alpha value is -0.120. The average molecular weight is 240 g/mol. The van der Waals surface area contributed by atoms with Gasteiger partial charge in [-0.25, -0.2) is 0 Å². The van der Waals surface area contributed by atoms with E-state index in [-0.39, 0.29) is 0 Å². The summed E-state index contributed by atoms with van der Waals surface area (Å²) in [6.07, 6.45) is 6.86. The van der Waals surface area contributed by atoms with Crippen LogP contribution in [0.5, 0.6) is 0 Å². The second-order valence-corrected chi connectivity index (χ2v) is 5.77. The molecule has 2 fully saturated rings. The minimum absolute atomic E-state index is 0.531. The molecule has 2 unspecified atom stereocenters. The number of hydrogen-bond acceptors (Lipinski definition) is 3. The van der Waals surface area contributed by atoms with Crippen LogP contribution in [-0.2, 0) is 4.74 Å². The van der Waals surface area contributed by atoms with E-state index >= 15 is 0 Å². The molecule has 2 rings (SSSR count). The summed E-state index contributed by atoms with van der Waals surface area (Å²) in [6.45, 7) is 7.14. The Balaban J connectivity index is 1.82. The third kappa shape index (κ3) is 3.43. The Morgan fingerprint density at radius 3 is 2.59 bits per heavy atom. The van der Waals surface area contributed by atoms with Crippen molar-refractivity contribution in [3.63, 3.8) is 0 Å². The normalized spacial score (nSPS) is 40.4. The summed E-state index contributed by atoms with van der Waals surface area (Å²) < 4.78 is 5.39. The minimum Gasteiger partial charge on any atom is -0.381 e. The highest BCUT2D eigenvalue weighted by atomic mass is 16.5. The maximum Gasteiger partial charge on any atom is 0.0601 e. The summed E-state index contributed by atoms with van der Waals surface area (Å²) in [5.41, 5.74) is 0. The van der Waals surface area contributed by atoms with Gasteiger partial charge in [0.05, 0.1) is 6.10 Å². The van der Waals surface area contributed by atoms with Gasteiger partial charge in [0.15, 0.2) is 0 Å². The number of nitrogens with one attached hydrogen (secondary N) is 1.